The van der Waals surface area contributed by atoms with Crippen LogP contribution in [0, 0.1) is 0 Å². The molecule has 16 heavy (non-hydrogen) atoms. The second-order valence-electron chi connectivity index (χ2n) is 4.46. The minimum Gasteiger partial charge on any atom is -0.389 e. The van der Waals surface area contributed by atoms with Crippen LogP contribution >= 0.6 is 11.8 Å². The van der Waals surface area contributed by atoms with Crippen molar-refractivity contribution in [1.29, 1.82) is 0 Å². The average molecular weight is 241 g/mol. The molecule has 0 aliphatic carbocycles. The summed E-state index contributed by atoms with van der Waals surface area (Å²) in [5.74, 6) is 2.15. The van der Waals surface area contributed by atoms with Gasteiger partial charge in [0.25, 0.3) is 0 Å². The lowest BCUT2D eigenvalue weighted by Crippen LogP contribution is -2.43. The fraction of sp³-hybridized carbons (Fsp3) is 0.727. The first kappa shape index (κ1) is 12.0. The minimum absolute atomic E-state index is 0.493. The zero-order valence-electron chi connectivity index (χ0n) is 9.65. The van der Waals surface area contributed by atoms with Crippen LogP contribution in [-0.4, -0.2) is 38.5 Å². The zero-order chi connectivity index (χ0) is 11.4. The molecule has 1 aliphatic heterocycles. The third kappa shape index (κ3) is 3.23. The van der Waals surface area contributed by atoms with Gasteiger partial charge in [0.2, 0.25) is 0 Å². The molecule has 0 amide bonds. The third-order valence-corrected chi connectivity index (χ3v) is 3.95. The summed E-state index contributed by atoms with van der Waals surface area (Å²) in [4.78, 5) is 0. The number of aliphatic hydroxyl groups is 1. The number of hydrogen-bond acceptors (Lipinski definition) is 4. The van der Waals surface area contributed by atoms with Crippen LogP contribution in [0.5, 0.6) is 0 Å². The fourth-order valence-corrected chi connectivity index (χ4v) is 3.18. The Morgan fingerprint density at radius 3 is 2.94 bits per heavy atom. The van der Waals surface area contributed by atoms with Crippen molar-refractivity contribution in [2.45, 2.75) is 25.0 Å². The van der Waals surface area contributed by atoms with Crippen molar-refractivity contribution in [3.05, 3.63) is 18.0 Å². The maximum Gasteiger partial charge on any atom is 0.0787 e. The Bertz CT molecular complexity index is 334. The molecule has 0 atom stereocenters. The van der Waals surface area contributed by atoms with Gasteiger partial charge < -0.3 is 10.4 Å². The van der Waals surface area contributed by atoms with Crippen LogP contribution in [-0.2, 0) is 13.6 Å². The second-order valence-corrected chi connectivity index (χ2v) is 5.69. The van der Waals surface area contributed by atoms with Crippen LogP contribution in [0.15, 0.2) is 12.4 Å². The van der Waals surface area contributed by atoms with Gasteiger partial charge in [-0.05, 0) is 24.3 Å². The highest BCUT2D eigenvalue weighted by Gasteiger charge is 2.28. The van der Waals surface area contributed by atoms with Gasteiger partial charge in [-0.2, -0.15) is 16.9 Å². The first-order chi connectivity index (χ1) is 7.68. The van der Waals surface area contributed by atoms with Crippen LogP contribution in [0.25, 0.3) is 0 Å². The molecule has 2 heterocycles. The van der Waals surface area contributed by atoms with Crippen LogP contribution in [0.2, 0.25) is 0 Å². The first-order valence-electron chi connectivity index (χ1n) is 5.66. The molecule has 1 saturated heterocycles. The van der Waals surface area contributed by atoms with Crippen molar-refractivity contribution < 1.29 is 5.11 Å². The van der Waals surface area contributed by atoms with Gasteiger partial charge in [-0.3, -0.25) is 4.68 Å². The molecule has 0 aromatic carbocycles. The van der Waals surface area contributed by atoms with Gasteiger partial charge in [0.15, 0.2) is 0 Å². The molecule has 0 radical (unpaired) electrons. The molecule has 1 aliphatic rings. The Morgan fingerprint density at radius 2 is 2.31 bits per heavy atom. The number of nitrogens with one attached hydrogen (secondary N) is 1. The number of aromatic nitrogens is 2. The summed E-state index contributed by atoms with van der Waals surface area (Å²) in [6.07, 6.45) is 5.65. The van der Waals surface area contributed by atoms with Gasteiger partial charge in [-0.25, -0.2) is 0 Å². The average Bonchev–Trinajstić information content (AvgIpc) is 2.65. The summed E-state index contributed by atoms with van der Waals surface area (Å²) in [5, 5.41) is 17.7. The highest BCUT2D eigenvalue weighted by molar-refractivity contribution is 7.99. The molecule has 0 bridgehead atoms. The minimum atomic E-state index is -0.493. The van der Waals surface area contributed by atoms with E-state index in [9.17, 15) is 5.11 Å². The van der Waals surface area contributed by atoms with E-state index >= 15 is 0 Å². The number of hydrogen-bond donors (Lipinski definition) is 2. The largest absolute Gasteiger partial charge is 0.389 e. The summed E-state index contributed by atoms with van der Waals surface area (Å²) >= 11 is 1.93. The topological polar surface area (TPSA) is 50.1 Å². The predicted molar refractivity (Wildman–Crippen MR) is 66.4 cm³/mol. The molecule has 2 N–H and O–H groups in total. The van der Waals surface area contributed by atoms with Crippen molar-refractivity contribution in [2.75, 3.05) is 18.1 Å². The molecule has 1 fully saturated rings. The van der Waals surface area contributed by atoms with E-state index < -0.39 is 5.60 Å². The lowest BCUT2D eigenvalue weighted by Gasteiger charge is -2.31. The summed E-state index contributed by atoms with van der Waals surface area (Å²) in [6.45, 7) is 1.46. The Kier molecular flexibility index (Phi) is 3.89. The highest BCUT2D eigenvalue weighted by atomic mass is 32.2. The molecule has 90 valence electrons. The molecule has 1 aromatic heterocycles. The highest BCUT2D eigenvalue weighted by Crippen LogP contribution is 2.26. The van der Waals surface area contributed by atoms with Crippen LogP contribution in [0.4, 0.5) is 0 Å². The van der Waals surface area contributed by atoms with E-state index in [-0.39, 0.29) is 0 Å². The monoisotopic (exact) mass is 241 g/mol. The molecule has 0 unspecified atom stereocenters. The van der Waals surface area contributed by atoms with Crippen molar-refractivity contribution in [1.82, 2.24) is 15.1 Å². The Balaban J connectivity index is 1.74. The van der Waals surface area contributed by atoms with Gasteiger partial charge in [-0.15, -0.1) is 0 Å². The van der Waals surface area contributed by atoms with Gasteiger partial charge in [-0.1, -0.05) is 0 Å². The second kappa shape index (κ2) is 5.21. The van der Waals surface area contributed by atoms with Crippen molar-refractivity contribution >= 4 is 11.8 Å². The van der Waals surface area contributed by atoms with E-state index in [1.54, 1.807) is 4.68 Å². The van der Waals surface area contributed by atoms with E-state index in [4.69, 9.17) is 0 Å². The SMILES string of the molecule is Cn1cc(CNCC2(O)CCSCC2)cn1. The van der Waals surface area contributed by atoms with Gasteiger partial charge in [0.1, 0.15) is 0 Å². The van der Waals surface area contributed by atoms with Crippen LogP contribution in [0.1, 0.15) is 18.4 Å². The number of rotatable bonds is 4. The number of nitrogens with zero attached hydrogens (tertiary/aromatic N) is 2. The lowest BCUT2D eigenvalue weighted by atomic mass is 9.97. The molecule has 5 heteroatoms. The fourth-order valence-electron chi connectivity index (χ4n) is 1.93. The summed E-state index contributed by atoms with van der Waals surface area (Å²) < 4.78 is 1.79. The Labute approximate surface area is 100 Å². The third-order valence-electron chi connectivity index (χ3n) is 2.97. The van der Waals surface area contributed by atoms with Crippen molar-refractivity contribution in [3.63, 3.8) is 0 Å². The summed E-state index contributed by atoms with van der Waals surface area (Å²) in [7, 11) is 1.91. The maximum atomic E-state index is 10.3. The molecule has 1 aromatic rings. The van der Waals surface area contributed by atoms with Gasteiger partial charge >= 0.3 is 0 Å². The zero-order valence-corrected chi connectivity index (χ0v) is 10.5. The predicted octanol–water partition coefficient (Wildman–Crippen LogP) is 0.768. The Hall–Kier alpha value is -0.520. The van der Waals surface area contributed by atoms with Gasteiger partial charge in [0, 0.05) is 31.9 Å². The molecular weight excluding hydrogens is 222 g/mol. The number of aryl methyl sites for hydroxylation is 1. The van der Waals surface area contributed by atoms with E-state index in [2.05, 4.69) is 10.4 Å². The van der Waals surface area contributed by atoms with E-state index in [1.165, 1.54) is 0 Å². The standard InChI is InChI=1S/C11H19N3OS/c1-14-8-10(7-13-14)6-12-9-11(15)2-4-16-5-3-11/h7-8,12,15H,2-6,9H2,1H3. The quantitative estimate of drug-likeness (QED) is 0.817. The summed E-state index contributed by atoms with van der Waals surface area (Å²) in [6, 6.07) is 0. The Morgan fingerprint density at radius 1 is 1.56 bits per heavy atom. The van der Waals surface area contributed by atoms with E-state index in [1.807, 2.05) is 31.2 Å². The van der Waals surface area contributed by atoms with Gasteiger partial charge in [0.05, 0.1) is 11.8 Å². The lowest BCUT2D eigenvalue weighted by molar-refractivity contribution is 0.0320. The molecule has 2 rings (SSSR count). The first-order valence-corrected chi connectivity index (χ1v) is 6.82. The van der Waals surface area contributed by atoms with Crippen LogP contribution in [0.3, 0.4) is 0 Å². The van der Waals surface area contributed by atoms with Crippen molar-refractivity contribution in [3.8, 4) is 0 Å². The van der Waals surface area contributed by atoms with Crippen LogP contribution < -0.4 is 5.32 Å². The van der Waals surface area contributed by atoms with E-state index in [0.29, 0.717) is 6.54 Å². The van der Waals surface area contributed by atoms with Crippen molar-refractivity contribution in [2.24, 2.45) is 7.05 Å². The maximum absolute atomic E-state index is 10.3. The molecule has 0 spiro atoms. The molecular formula is C11H19N3OS. The van der Waals surface area contributed by atoms with E-state index in [0.717, 1.165) is 36.5 Å². The molecule has 4 nitrogen and oxygen atoms in total. The summed E-state index contributed by atoms with van der Waals surface area (Å²) in [5.41, 5.74) is 0.671. The molecule has 0 saturated carbocycles. The smallest absolute Gasteiger partial charge is 0.0787 e. The number of thioether (sulfide) groups is 1. The normalized spacial score (nSPS) is 19.9.